The SMILES string of the molecule is C[C@]12C=CC(=O)NC1CCC1C2CC[C@@]2(C)C1CC[C@@H]2COC(=O)NCc1ccc(C(F)(F)F)cc1. The second-order valence-corrected chi connectivity index (χ2v) is 11.7. The third-order valence-electron chi connectivity index (χ3n) is 10.0. The van der Waals surface area contributed by atoms with Gasteiger partial charge in [0.15, 0.2) is 0 Å². The predicted octanol–water partition coefficient (Wildman–Crippen LogP) is 5.85. The molecule has 5 rings (SSSR count). The molecule has 0 spiro atoms. The summed E-state index contributed by atoms with van der Waals surface area (Å²) in [5.74, 6) is 2.07. The number of hydrogen-bond donors (Lipinski definition) is 2. The summed E-state index contributed by atoms with van der Waals surface area (Å²) in [5, 5.41) is 5.86. The van der Waals surface area contributed by atoms with Crippen LogP contribution in [0.5, 0.6) is 0 Å². The molecule has 8 heteroatoms. The van der Waals surface area contributed by atoms with Crippen molar-refractivity contribution in [2.45, 2.75) is 71.1 Å². The molecule has 2 amide bonds. The van der Waals surface area contributed by atoms with E-state index in [2.05, 4.69) is 30.6 Å². The van der Waals surface area contributed by atoms with Crippen molar-refractivity contribution in [2.24, 2.45) is 34.5 Å². The van der Waals surface area contributed by atoms with Gasteiger partial charge in [0.05, 0.1) is 12.2 Å². The van der Waals surface area contributed by atoms with Gasteiger partial charge in [0, 0.05) is 18.0 Å². The summed E-state index contributed by atoms with van der Waals surface area (Å²) in [7, 11) is 0. The Morgan fingerprint density at radius 2 is 1.83 bits per heavy atom. The normalized spacial score (nSPS) is 37.4. The van der Waals surface area contributed by atoms with Crippen LogP contribution in [0.4, 0.5) is 18.0 Å². The van der Waals surface area contributed by atoms with E-state index < -0.39 is 17.8 Å². The third kappa shape index (κ3) is 4.41. The minimum atomic E-state index is -4.38. The van der Waals surface area contributed by atoms with Gasteiger partial charge in [0.1, 0.15) is 0 Å². The number of fused-ring (bicyclic) bond motifs is 5. The van der Waals surface area contributed by atoms with E-state index in [9.17, 15) is 22.8 Å². The van der Waals surface area contributed by atoms with Crippen molar-refractivity contribution >= 4 is 12.0 Å². The Morgan fingerprint density at radius 3 is 2.56 bits per heavy atom. The molecular formula is C28H35F3N2O3. The molecule has 7 atom stereocenters. The highest BCUT2D eigenvalue weighted by molar-refractivity contribution is 5.89. The smallest absolute Gasteiger partial charge is 0.416 e. The number of carbonyl (C=O) groups excluding carboxylic acids is 2. The molecule has 1 aliphatic heterocycles. The summed E-state index contributed by atoms with van der Waals surface area (Å²) < 4.78 is 43.8. The van der Waals surface area contributed by atoms with Crippen molar-refractivity contribution in [2.75, 3.05) is 6.61 Å². The maximum absolute atomic E-state index is 12.7. The highest BCUT2D eigenvalue weighted by atomic mass is 19.4. The van der Waals surface area contributed by atoms with Crippen LogP contribution >= 0.6 is 0 Å². The standard InChI is InChI=1S/C28H35F3N2O3/c1-26-13-11-22-20(8-10-23-27(22,2)14-12-24(34)33-23)21(26)9-7-19(26)16-36-25(35)32-15-17-3-5-18(6-4-17)28(29,30)31/h3-6,12,14,19-23H,7-11,13,15-16H2,1-2H3,(H,32,35)(H,33,34)/t19-,20?,21?,22?,23?,26-,27-/m1/s1. The molecule has 0 saturated heterocycles. The van der Waals surface area contributed by atoms with Gasteiger partial charge in [-0.2, -0.15) is 13.2 Å². The molecule has 3 fully saturated rings. The van der Waals surface area contributed by atoms with Gasteiger partial charge in [-0.15, -0.1) is 0 Å². The molecule has 0 radical (unpaired) electrons. The number of alkyl halides is 3. The van der Waals surface area contributed by atoms with Crippen LogP contribution in [-0.4, -0.2) is 24.6 Å². The minimum absolute atomic E-state index is 0.00489. The summed E-state index contributed by atoms with van der Waals surface area (Å²) in [5.41, 5.74) is 0.00694. The maximum Gasteiger partial charge on any atom is 0.416 e. The Labute approximate surface area is 210 Å². The number of halogens is 3. The van der Waals surface area contributed by atoms with Crippen LogP contribution in [0.2, 0.25) is 0 Å². The molecule has 4 aliphatic rings. The molecule has 36 heavy (non-hydrogen) atoms. The average molecular weight is 505 g/mol. The topological polar surface area (TPSA) is 67.4 Å². The molecule has 196 valence electrons. The third-order valence-corrected chi connectivity index (χ3v) is 10.0. The van der Waals surface area contributed by atoms with Gasteiger partial charge >= 0.3 is 12.3 Å². The van der Waals surface area contributed by atoms with Crippen LogP contribution < -0.4 is 10.6 Å². The summed E-state index contributed by atoms with van der Waals surface area (Å²) in [6, 6.07) is 4.99. The van der Waals surface area contributed by atoms with Crippen molar-refractivity contribution < 1.29 is 27.5 Å². The average Bonchev–Trinajstić information content (AvgIpc) is 3.18. The van der Waals surface area contributed by atoms with E-state index in [1.165, 1.54) is 12.1 Å². The first-order valence-electron chi connectivity index (χ1n) is 13.1. The van der Waals surface area contributed by atoms with Crippen molar-refractivity contribution in [3.05, 3.63) is 47.5 Å². The van der Waals surface area contributed by atoms with Gasteiger partial charge in [0.25, 0.3) is 0 Å². The maximum atomic E-state index is 12.7. The lowest BCUT2D eigenvalue weighted by Gasteiger charge is -2.58. The first kappa shape index (κ1) is 25.2. The van der Waals surface area contributed by atoms with E-state index in [0.29, 0.717) is 35.8 Å². The molecule has 2 N–H and O–H groups in total. The zero-order valence-electron chi connectivity index (χ0n) is 20.9. The zero-order chi connectivity index (χ0) is 25.7. The van der Waals surface area contributed by atoms with E-state index in [1.54, 1.807) is 6.08 Å². The number of rotatable bonds is 4. The van der Waals surface area contributed by atoms with Crippen LogP contribution in [0.3, 0.4) is 0 Å². The fraction of sp³-hybridized carbons (Fsp3) is 0.643. The van der Waals surface area contributed by atoms with E-state index >= 15 is 0 Å². The second-order valence-electron chi connectivity index (χ2n) is 11.7. The molecule has 5 nitrogen and oxygen atoms in total. The highest BCUT2D eigenvalue weighted by Crippen LogP contribution is 2.64. The van der Waals surface area contributed by atoms with Gasteiger partial charge in [-0.05, 0) is 91.4 Å². The number of hydrogen-bond acceptors (Lipinski definition) is 3. The lowest BCUT2D eigenvalue weighted by atomic mass is 9.48. The zero-order valence-corrected chi connectivity index (χ0v) is 20.9. The Morgan fingerprint density at radius 1 is 1.08 bits per heavy atom. The van der Waals surface area contributed by atoms with Crippen LogP contribution in [0, 0.1) is 34.5 Å². The first-order valence-corrected chi connectivity index (χ1v) is 13.1. The number of alkyl carbamates (subject to hydrolysis) is 1. The van der Waals surface area contributed by atoms with E-state index in [4.69, 9.17) is 4.74 Å². The van der Waals surface area contributed by atoms with Crippen molar-refractivity contribution in [1.82, 2.24) is 10.6 Å². The molecule has 1 aromatic rings. The lowest BCUT2D eigenvalue weighted by molar-refractivity contribution is -0.137. The fourth-order valence-corrected chi connectivity index (χ4v) is 7.93. The van der Waals surface area contributed by atoms with Gasteiger partial charge in [-0.3, -0.25) is 4.79 Å². The number of amides is 2. The minimum Gasteiger partial charge on any atom is -0.449 e. The fourth-order valence-electron chi connectivity index (χ4n) is 7.93. The Kier molecular flexibility index (Phi) is 6.36. The molecule has 3 saturated carbocycles. The molecule has 1 heterocycles. The van der Waals surface area contributed by atoms with Crippen LogP contribution in [0.15, 0.2) is 36.4 Å². The number of carbonyl (C=O) groups is 2. The van der Waals surface area contributed by atoms with Gasteiger partial charge in [-0.25, -0.2) is 4.79 Å². The van der Waals surface area contributed by atoms with Crippen molar-refractivity contribution in [1.29, 1.82) is 0 Å². The summed E-state index contributed by atoms with van der Waals surface area (Å²) in [6.45, 7) is 5.15. The Bertz CT molecular complexity index is 1040. The summed E-state index contributed by atoms with van der Waals surface area (Å²) in [6.07, 6.45) is 5.46. The van der Waals surface area contributed by atoms with Crippen LogP contribution in [0.25, 0.3) is 0 Å². The first-order chi connectivity index (χ1) is 17.0. The van der Waals surface area contributed by atoms with Gasteiger partial charge in [0.2, 0.25) is 5.91 Å². The second kappa shape index (κ2) is 9.10. The van der Waals surface area contributed by atoms with Crippen molar-refractivity contribution in [3.63, 3.8) is 0 Å². The summed E-state index contributed by atoms with van der Waals surface area (Å²) in [4.78, 5) is 24.3. The van der Waals surface area contributed by atoms with E-state index in [0.717, 1.165) is 50.7 Å². The monoisotopic (exact) mass is 504 g/mol. The van der Waals surface area contributed by atoms with E-state index in [1.807, 2.05) is 0 Å². The molecule has 0 aromatic heterocycles. The molecule has 0 bridgehead atoms. The Hall–Kier alpha value is -2.51. The quantitative estimate of drug-likeness (QED) is 0.541. The lowest BCUT2D eigenvalue weighted by Crippen LogP contribution is -2.59. The number of nitrogens with one attached hydrogen (secondary N) is 2. The van der Waals surface area contributed by atoms with Crippen LogP contribution in [-0.2, 0) is 22.3 Å². The molecule has 4 unspecified atom stereocenters. The largest absolute Gasteiger partial charge is 0.449 e. The number of ether oxygens (including phenoxy) is 1. The Balaban J connectivity index is 1.16. The van der Waals surface area contributed by atoms with Crippen LogP contribution in [0.1, 0.15) is 63.5 Å². The molecule has 3 aliphatic carbocycles. The molecular weight excluding hydrogens is 469 g/mol. The predicted molar refractivity (Wildman–Crippen MR) is 129 cm³/mol. The highest BCUT2D eigenvalue weighted by Gasteiger charge is 2.59. The molecule has 1 aromatic carbocycles. The van der Waals surface area contributed by atoms with E-state index in [-0.39, 0.29) is 29.3 Å². The van der Waals surface area contributed by atoms with Gasteiger partial charge < -0.3 is 15.4 Å². The van der Waals surface area contributed by atoms with Crippen molar-refractivity contribution in [3.8, 4) is 0 Å². The van der Waals surface area contributed by atoms with Gasteiger partial charge in [-0.1, -0.05) is 32.1 Å². The summed E-state index contributed by atoms with van der Waals surface area (Å²) >= 11 is 0. The number of benzene rings is 1.